The van der Waals surface area contributed by atoms with Gasteiger partial charge >= 0.3 is 0 Å². The van der Waals surface area contributed by atoms with Crippen LogP contribution in [0.1, 0.15) is 27.2 Å². The molecule has 2 amide bonds. The second-order valence-electron chi connectivity index (χ2n) is 4.29. The summed E-state index contributed by atoms with van der Waals surface area (Å²) in [5, 5.41) is 2.76. The monoisotopic (exact) mass is 198 g/mol. The van der Waals surface area contributed by atoms with Gasteiger partial charge in [-0.1, -0.05) is 13.8 Å². The summed E-state index contributed by atoms with van der Waals surface area (Å²) in [6, 6.07) is -0.372. The molecule has 0 aromatic carbocycles. The lowest BCUT2D eigenvalue weighted by Gasteiger charge is -2.25. The molecule has 14 heavy (non-hydrogen) atoms. The Morgan fingerprint density at radius 2 is 2.00 bits per heavy atom. The highest BCUT2D eigenvalue weighted by atomic mass is 16.2. The highest BCUT2D eigenvalue weighted by molar-refractivity contribution is 5.90. The van der Waals surface area contributed by atoms with Crippen molar-refractivity contribution in [3.05, 3.63) is 0 Å². The minimum Gasteiger partial charge on any atom is -0.344 e. The van der Waals surface area contributed by atoms with Gasteiger partial charge in [0.05, 0.1) is 0 Å². The molecule has 4 heteroatoms. The van der Waals surface area contributed by atoms with Crippen LogP contribution in [0.15, 0.2) is 0 Å². The number of amides is 2. The van der Waals surface area contributed by atoms with Crippen LogP contribution in [0.5, 0.6) is 0 Å². The smallest absolute Gasteiger partial charge is 0.245 e. The summed E-state index contributed by atoms with van der Waals surface area (Å²) in [5.41, 5.74) is 0. The number of nitrogens with one attached hydrogen (secondary N) is 1. The number of hydrogen-bond donors (Lipinski definition) is 1. The van der Waals surface area contributed by atoms with Gasteiger partial charge in [-0.3, -0.25) is 9.59 Å². The van der Waals surface area contributed by atoms with Gasteiger partial charge in [0.25, 0.3) is 0 Å². The highest BCUT2D eigenvalue weighted by Gasteiger charge is 2.33. The first-order chi connectivity index (χ1) is 6.43. The van der Waals surface area contributed by atoms with E-state index >= 15 is 0 Å². The van der Waals surface area contributed by atoms with Crippen molar-refractivity contribution < 1.29 is 9.59 Å². The first kappa shape index (κ1) is 11.0. The van der Waals surface area contributed by atoms with Crippen LogP contribution in [0.2, 0.25) is 0 Å². The zero-order chi connectivity index (χ0) is 10.9. The summed E-state index contributed by atoms with van der Waals surface area (Å²) in [6.45, 7) is 5.76. The summed E-state index contributed by atoms with van der Waals surface area (Å²) in [4.78, 5) is 24.9. The van der Waals surface area contributed by atoms with E-state index in [2.05, 4.69) is 5.32 Å². The lowest BCUT2D eigenvalue weighted by atomic mass is 10.0. The fourth-order valence-corrected chi connectivity index (χ4v) is 1.59. The molecule has 1 saturated heterocycles. The number of carbonyl (C=O) groups is 2. The topological polar surface area (TPSA) is 49.4 Å². The maximum Gasteiger partial charge on any atom is 0.245 e. The first-order valence-electron chi connectivity index (χ1n) is 4.99. The number of nitrogens with zero attached hydrogens (tertiary/aromatic N) is 1. The molecule has 80 valence electrons. The standard InChI is InChI=1S/C10H18N2O2/c1-6(2)9-10(14)12(4)7(3)5-8(13)11-9/h6-7,9H,5H2,1-4H3,(H,11,13). The zero-order valence-corrected chi connectivity index (χ0v) is 9.20. The number of carbonyl (C=O) groups excluding carboxylic acids is 2. The maximum atomic E-state index is 11.9. The summed E-state index contributed by atoms with van der Waals surface area (Å²) < 4.78 is 0. The lowest BCUT2D eigenvalue weighted by molar-refractivity contribution is -0.134. The van der Waals surface area contributed by atoms with Crippen molar-refractivity contribution in [2.75, 3.05) is 7.05 Å². The largest absolute Gasteiger partial charge is 0.344 e. The van der Waals surface area contributed by atoms with Gasteiger partial charge in [-0.25, -0.2) is 0 Å². The molecular weight excluding hydrogens is 180 g/mol. The van der Waals surface area contributed by atoms with E-state index in [4.69, 9.17) is 0 Å². The molecule has 0 saturated carbocycles. The van der Waals surface area contributed by atoms with E-state index in [1.807, 2.05) is 20.8 Å². The van der Waals surface area contributed by atoms with Gasteiger partial charge in [0.15, 0.2) is 0 Å². The third-order valence-corrected chi connectivity index (χ3v) is 2.74. The molecule has 1 heterocycles. The van der Waals surface area contributed by atoms with Gasteiger partial charge < -0.3 is 10.2 Å². The molecule has 2 unspecified atom stereocenters. The highest BCUT2D eigenvalue weighted by Crippen LogP contribution is 2.13. The van der Waals surface area contributed by atoms with E-state index in [-0.39, 0.29) is 29.8 Å². The zero-order valence-electron chi connectivity index (χ0n) is 9.20. The van der Waals surface area contributed by atoms with Crippen molar-refractivity contribution in [3.8, 4) is 0 Å². The van der Waals surface area contributed by atoms with Crippen LogP contribution in [0, 0.1) is 5.92 Å². The molecule has 1 aliphatic heterocycles. The minimum absolute atomic E-state index is 0.00810. The van der Waals surface area contributed by atoms with Crippen molar-refractivity contribution in [2.24, 2.45) is 5.92 Å². The normalized spacial score (nSPS) is 29.1. The maximum absolute atomic E-state index is 11.9. The van der Waals surface area contributed by atoms with Crippen molar-refractivity contribution >= 4 is 11.8 Å². The Balaban J connectivity index is 2.88. The van der Waals surface area contributed by atoms with Crippen LogP contribution < -0.4 is 5.32 Å². The molecule has 0 radical (unpaired) electrons. The van der Waals surface area contributed by atoms with Crippen LogP contribution in [0.25, 0.3) is 0 Å². The third kappa shape index (κ3) is 2.05. The number of rotatable bonds is 1. The van der Waals surface area contributed by atoms with Crippen LogP contribution in [-0.4, -0.2) is 35.8 Å². The predicted molar refractivity (Wildman–Crippen MR) is 53.6 cm³/mol. The average Bonchev–Trinajstić information content (AvgIpc) is 2.18. The van der Waals surface area contributed by atoms with Crippen molar-refractivity contribution in [2.45, 2.75) is 39.3 Å². The predicted octanol–water partition coefficient (Wildman–Crippen LogP) is 0.378. The quantitative estimate of drug-likeness (QED) is 0.662. The van der Waals surface area contributed by atoms with Crippen LogP contribution in [0.4, 0.5) is 0 Å². The molecule has 1 aliphatic rings. The second kappa shape index (κ2) is 3.98. The van der Waals surface area contributed by atoms with Crippen molar-refractivity contribution in [3.63, 3.8) is 0 Å². The molecule has 1 N–H and O–H groups in total. The first-order valence-corrected chi connectivity index (χ1v) is 4.99. The van der Waals surface area contributed by atoms with Gasteiger partial charge in [0.1, 0.15) is 6.04 Å². The Bertz CT molecular complexity index is 251. The molecule has 0 aliphatic carbocycles. The fourth-order valence-electron chi connectivity index (χ4n) is 1.59. The molecule has 0 aromatic rings. The Morgan fingerprint density at radius 3 is 2.50 bits per heavy atom. The van der Waals surface area contributed by atoms with E-state index in [1.54, 1.807) is 11.9 Å². The Labute approximate surface area is 84.7 Å². The molecule has 2 atom stereocenters. The van der Waals surface area contributed by atoms with Gasteiger partial charge in [0, 0.05) is 19.5 Å². The van der Waals surface area contributed by atoms with Crippen LogP contribution >= 0.6 is 0 Å². The van der Waals surface area contributed by atoms with E-state index < -0.39 is 0 Å². The SMILES string of the molecule is CC(C)C1NC(=O)CC(C)N(C)C1=O. The minimum atomic E-state index is -0.363. The van der Waals surface area contributed by atoms with Crippen LogP contribution in [0.3, 0.4) is 0 Å². The van der Waals surface area contributed by atoms with E-state index in [0.717, 1.165) is 0 Å². The summed E-state index contributed by atoms with van der Waals surface area (Å²) >= 11 is 0. The van der Waals surface area contributed by atoms with Crippen molar-refractivity contribution in [1.29, 1.82) is 0 Å². The molecule has 0 bridgehead atoms. The van der Waals surface area contributed by atoms with Gasteiger partial charge in [-0.15, -0.1) is 0 Å². The number of likely N-dealkylation sites (N-methyl/N-ethyl adjacent to an activating group) is 1. The second-order valence-corrected chi connectivity index (χ2v) is 4.29. The molecule has 4 nitrogen and oxygen atoms in total. The average molecular weight is 198 g/mol. The van der Waals surface area contributed by atoms with E-state index in [9.17, 15) is 9.59 Å². The van der Waals surface area contributed by atoms with Crippen molar-refractivity contribution in [1.82, 2.24) is 10.2 Å². The van der Waals surface area contributed by atoms with Gasteiger partial charge in [-0.05, 0) is 12.8 Å². The number of hydrogen-bond acceptors (Lipinski definition) is 2. The molecular formula is C10H18N2O2. The summed E-state index contributed by atoms with van der Waals surface area (Å²) in [6.07, 6.45) is 0.394. The van der Waals surface area contributed by atoms with Gasteiger partial charge in [0.2, 0.25) is 11.8 Å². The lowest BCUT2D eigenvalue weighted by Crippen LogP contribution is -2.47. The fraction of sp³-hybridized carbons (Fsp3) is 0.800. The molecule has 1 rings (SSSR count). The van der Waals surface area contributed by atoms with Gasteiger partial charge in [-0.2, -0.15) is 0 Å². The Hall–Kier alpha value is -1.06. The molecule has 0 aromatic heterocycles. The summed E-state index contributed by atoms with van der Waals surface area (Å²) in [7, 11) is 1.75. The Kier molecular flexibility index (Phi) is 3.13. The van der Waals surface area contributed by atoms with E-state index in [0.29, 0.717) is 6.42 Å². The van der Waals surface area contributed by atoms with Crippen LogP contribution in [-0.2, 0) is 9.59 Å². The van der Waals surface area contributed by atoms with E-state index in [1.165, 1.54) is 0 Å². The Morgan fingerprint density at radius 1 is 1.43 bits per heavy atom. The summed E-state index contributed by atoms with van der Waals surface area (Å²) in [5.74, 6) is 0.117. The molecule has 0 spiro atoms. The third-order valence-electron chi connectivity index (χ3n) is 2.74. The molecule has 1 fully saturated rings.